The van der Waals surface area contributed by atoms with E-state index < -0.39 is 10.0 Å². The van der Waals surface area contributed by atoms with E-state index in [1.54, 1.807) is 24.3 Å². The Morgan fingerprint density at radius 3 is 2.15 bits per heavy atom. The fourth-order valence-electron chi connectivity index (χ4n) is 4.38. The van der Waals surface area contributed by atoms with Crippen molar-refractivity contribution in [2.75, 3.05) is 36.7 Å². The molecule has 0 atom stereocenters. The van der Waals surface area contributed by atoms with Crippen LogP contribution in [0, 0.1) is 6.92 Å². The van der Waals surface area contributed by atoms with Gasteiger partial charge in [0.25, 0.3) is 5.91 Å². The number of hydrogen-bond donors (Lipinski definition) is 1. The van der Waals surface area contributed by atoms with Crippen molar-refractivity contribution in [2.24, 2.45) is 0 Å². The minimum Gasteiger partial charge on any atom is -0.328 e. The molecule has 1 aliphatic rings. The molecule has 1 aliphatic heterocycles. The lowest BCUT2D eigenvalue weighted by atomic mass is 10.1. The van der Waals surface area contributed by atoms with E-state index in [4.69, 9.17) is 0 Å². The Kier molecular flexibility index (Phi) is 7.34. The molecule has 1 N–H and O–H groups in total. The molecule has 1 saturated heterocycles. The van der Waals surface area contributed by atoms with Crippen molar-refractivity contribution in [3.8, 4) is 0 Å². The van der Waals surface area contributed by atoms with Crippen LogP contribution in [0.3, 0.4) is 0 Å². The van der Waals surface area contributed by atoms with E-state index >= 15 is 0 Å². The van der Waals surface area contributed by atoms with E-state index in [1.165, 1.54) is 21.0 Å². The van der Waals surface area contributed by atoms with Crippen LogP contribution in [-0.2, 0) is 23.1 Å². The number of hydrogen-bond acceptors (Lipinski definition) is 3. The first-order chi connectivity index (χ1) is 16.3. The van der Waals surface area contributed by atoms with Gasteiger partial charge in [-0.05, 0) is 42.3 Å². The second kappa shape index (κ2) is 10.4. The Morgan fingerprint density at radius 1 is 0.912 bits per heavy atom. The molecule has 4 rings (SSSR count). The number of carbonyl (C=O) groups is 1. The Morgan fingerprint density at radius 2 is 1.53 bits per heavy atom. The highest BCUT2D eigenvalue weighted by Gasteiger charge is 2.25. The second-order valence-electron chi connectivity index (χ2n) is 8.95. The van der Waals surface area contributed by atoms with Gasteiger partial charge < -0.3 is 9.80 Å². The zero-order valence-corrected chi connectivity index (χ0v) is 20.6. The van der Waals surface area contributed by atoms with E-state index in [0.29, 0.717) is 24.3 Å². The normalized spacial score (nSPS) is 14.7. The summed E-state index contributed by atoms with van der Waals surface area (Å²) in [5.41, 5.74) is 4.44. The van der Waals surface area contributed by atoms with Crippen LogP contribution in [0.25, 0.3) is 0 Å². The number of anilines is 1. The van der Waals surface area contributed by atoms with Gasteiger partial charge in [-0.3, -0.25) is 9.10 Å². The summed E-state index contributed by atoms with van der Waals surface area (Å²) in [7, 11) is -3.48. The van der Waals surface area contributed by atoms with Crippen molar-refractivity contribution in [3.63, 3.8) is 0 Å². The minimum absolute atomic E-state index is 0.00452. The summed E-state index contributed by atoms with van der Waals surface area (Å²) in [6, 6.07) is 25.1. The summed E-state index contributed by atoms with van der Waals surface area (Å²) >= 11 is 0. The Bertz CT molecular complexity index is 1220. The molecule has 7 heteroatoms. The summed E-state index contributed by atoms with van der Waals surface area (Å²) in [6.07, 6.45) is 1.21. The maximum Gasteiger partial charge on any atom is 0.254 e. The number of amides is 1. The average Bonchev–Trinajstić information content (AvgIpc) is 2.84. The van der Waals surface area contributed by atoms with Crippen LogP contribution >= 0.6 is 0 Å². The van der Waals surface area contributed by atoms with Crippen molar-refractivity contribution in [1.82, 2.24) is 4.90 Å². The highest BCUT2D eigenvalue weighted by molar-refractivity contribution is 7.92. The molecule has 3 aromatic rings. The molecule has 0 radical (unpaired) electrons. The number of nitrogens with one attached hydrogen (secondary N) is 1. The van der Waals surface area contributed by atoms with Crippen molar-refractivity contribution in [1.29, 1.82) is 0 Å². The first-order valence-corrected chi connectivity index (χ1v) is 13.4. The van der Waals surface area contributed by atoms with Crippen LogP contribution in [0.2, 0.25) is 0 Å². The Labute approximate surface area is 202 Å². The maximum atomic E-state index is 13.1. The number of rotatable bonds is 7. The summed E-state index contributed by atoms with van der Waals surface area (Å²) < 4.78 is 26.4. The van der Waals surface area contributed by atoms with Crippen LogP contribution in [-0.4, -0.2) is 51.7 Å². The molecule has 34 heavy (non-hydrogen) atoms. The first kappa shape index (κ1) is 24.0. The molecule has 0 aromatic heterocycles. The zero-order valence-electron chi connectivity index (χ0n) is 19.8. The molecule has 6 nitrogen and oxygen atoms in total. The van der Waals surface area contributed by atoms with Crippen molar-refractivity contribution < 1.29 is 18.1 Å². The van der Waals surface area contributed by atoms with Crippen molar-refractivity contribution >= 4 is 21.6 Å². The van der Waals surface area contributed by atoms with Gasteiger partial charge in [0.2, 0.25) is 10.0 Å². The van der Waals surface area contributed by atoms with Gasteiger partial charge in [0, 0.05) is 11.1 Å². The SMILES string of the molecule is Cc1ccccc1CN(c1ccc(C(=O)N2CC[NH+](Cc3ccccc3)CC2)cc1)S(C)(=O)=O. The molecule has 0 spiro atoms. The molecule has 1 fully saturated rings. The van der Waals surface area contributed by atoms with Crippen LogP contribution in [0.1, 0.15) is 27.0 Å². The highest BCUT2D eigenvalue weighted by Crippen LogP contribution is 2.23. The van der Waals surface area contributed by atoms with Gasteiger partial charge in [0.05, 0.1) is 44.7 Å². The summed E-state index contributed by atoms with van der Waals surface area (Å²) in [5, 5.41) is 0. The van der Waals surface area contributed by atoms with E-state index in [9.17, 15) is 13.2 Å². The van der Waals surface area contributed by atoms with Gasteiger partial charge in [-0.25, -0.2) is 8.42 Å². The molecular weight excluding hydrogens is 446 g/mol. The zero-order chi connectivity index (χ0) is 24.1. The maximum absolute atomic E-state index is 13.1. The highest BCUT2D eigenvalue weighted by atomic mass is 32.2. The predicted molar refractivity (Wildman–Crippen MR) is 135 cm³/mol. The number of aryl methyl sites for hydroxylation is 1. The van der Waals surface area contributed by atoms with Gasteiger partial charge in [-0.1, -0.05) is 54.6 Å². The third-order valence-corrected chi connectivity index (χ3v) is 7.57. The number of carbonyl (C=O) groups excluding carboxylic acids is 1. The number of quaternary nitrogens is 1. The first-order valence-electron chi connectivity index (χ1n) is 11.6. The lowest BCUT2D eigenvalue weighted by Crippen LogP contribution is -3.13. The summed E-state index contributed by atoms with van der Waals surface area (Å²) in [5.74, 6) is -0.00452. The van der Waals surface area contributed by atoms with Gasteiger partial charge in [-0.2, -0.15) is 0 Å². The fraction of sp³-hybridized carbons (Fsp3) is 0.296. The van der Waals surface area contributed by atoms with E-state index in [1.807, 2.05) is 42.2 Å². The van der Waals surface area contributed by atoms with Gasteiger partial charge in [0.15, 0.2) is 0 Å². The summed E-state index contributed by atoms with van der Waals surface area (Å²) in [6.45, 7) is 6.45. The Balaban J connectivity index is 1.41. The predicted octanol–water partition coefficient (Wildman–Crippen LogP) is 2.50. The van der Waals surface area contributed by atoms with Gasteiger partial charge in [-0.15, -0.1) is 0 Å². The number of sulfonamides is 1. The van der Waals surface area contributed by atoms with Crippen LogP contribution < -0.4 is 9.21 Å². The topological polar surface area (TPSA) is 62.1 Å². The van der Waals surface area contributed by atoms with Crippen molar-refractivity contribution in [3.05, 3.63) is 101 Å². The van der Waals surface area contributed by atoms with Gasteiger partial charge in [0.1, 0.15) is 6.54 Å². The Hall–Kier alpha value is -3.16. The third-order valence-electron chi connectivity index (χ3n) is 6.43. The fourth-order valence-corrected chi connectivity index (χ4v) is 5.26. The lowest BCUT2D eigenvalue weighted by molar-refractivity contribution is -0.917. The third kappa shape index (κ3) is 5.85. The van der Waals surface area contributed by atoms with E-state index in [-0.39, 0.29) is 12.5 Å². The standard InChI is InChI=1S/C27H31N3O3S/c1-22-8-6-7-11-25(22)21-30(34(2,32)33)26-14-12-24(13-15-26)27(31)29-18-16-28(17-19-29)20-23-9-4-3-5-10-23/h3-15H,16-21H2,1-2H3/p+1. The molecular formula is C27H32N3O3S+. The monoisotopic (exact) mass is 478 g/mol. The molecule has 1 amide bonds. The van der Waals surface area contributed by atoms with Crippen molar-refractivity contribution in [2.45, 2.75) is 20.0 Å². The van der Waals surface area contributed by atoms with Crippen LogP contribution in [0.4, 0.5) is 5.69 Å². The smallest absolute Gasteiger partial charge is 0.254 e. The number of benzene rings is 3. The largest absolute Gasteiger partial charge is 0.328 e. The second-order valence-corrected chi connectivity index (χ2v) is 10.9. The lowest BCUT2D eigenvalue weighted by Gasteiger charge is -2.32. The average molecular weight is 479 g/mol. The van der Waals surface area contributed by atoms with Crippen LogP contribution in [0.5, 0.6) is 0 Å². The molecule has 178 valence electrons. The summed E-state index contributed by atoms with van der Waals surface area (Å²) in [4.78, 5) is 16.4. The minimum atomic E-state index is -3.48. The van der Waals surface area contributed by atoms with E-state index in [0.717, 1.165) is 30.8 Å². The quantitative estimate of drug-likeness (QED) is 0.568. The molecule has 3 aromatic carbocycles. The molecule has 0 aliphatic carbocycles. The molecule has 0 unspecified atom stereocenters. The van der Waals surface area contributed by atoms with E-state index in [2.05, 4.69) is 24.3 Å². The number of piperazine rings is 1. The molecule has 0 saturated carbocycles. The molecule has 0 bridgehead atoms. The number of nitrogens with zero attached hydrogens (tertiary/aromatic N) is 2. The molecule has 1 heterocycles. The van der Waals surface area contributed by atoms with Gasteiger partial charge >= 0.3 is 0 Å². The van der Waals surface area contributed by atoms with Crippen LogP contribution in [0.15, 0.2) is 78.9 Å².